The minimum Gasteiger partial charge on any atom is -0.295 e. The molecule has 0 fully saturated rings. The molecule has 0 spiro atoms. The fraction of sp³-hybridized carbons (Fsp3) is 0.308. The van der Waals surface area contributed by atoms with Crippen LogP contribution in [0.2, 0.25) is 0 Å². The van der Waals surface area contributed by atoms with E-state index in [1.54, 1.807) is 18.2 Å². The lowest BCUT2D eigenvalue weighted by molar-refractivity contribution is -0.114. The van der Waals surface area contributed by atoms with E-state index in [1.807, 2.05) is 0 Å². The summed E-state index contributed by atoms with van der Waals surface area (Å²) in [4.78, 5) is 11.4. The molecule has 0 aromatic heterocycles. The molecule has 0 heterocycles. The van der Waals surface area contributed by atoms with Gasteiger partial charge in [0.05, 0.1) is 0 Å². The summed E-state index contributed by atoms with van der Waals surface area (Å²) in [6.07, 6.45) is 5.26. The molecule has 1 aliphatic carbocycles. The molecule has 0 N–H and O–H groups in total. The Balaban J connectivity index is 2.28. The zero-order chi connectivity index (χ0) is 10.7. The highest BCUT2D eigenvalue weighted by Gasteiger charge is 2.09. The predicted octanol–water partition coefficient (Wildman–Crippen LogP) is 3.35. The van der Waals surface area contributed by atoms with Crippen molar-refractivity contribution in [2.75, 3.05) is 0 Å². The highest BCUT2D eigenvalue weighted by molar-refractivity contribution is 5.97. The minimum atomic E-state index is -0.237. The zero-order valence-corrected chi connectivity index (χ0v) is 8.50. The van der Waals surface area contributed by atoms with Crippen LogP contribution in [0, 0.1) is 5.82 Å². The molecule has 0 atom stereocenters. The molecule has 0 saturated carbocycles. The van der Waals surface area contributed by atoms with Crippen molar-refractivity contribution in [1.29, 1.82) is 0 Å². The number of carbonyl (C=O) groups is 1. The van der Waals surface area contributed by atoms with Crippen LogP contribution < -0.4 is 0 Å². The molecule has 1 aromatic rings. The van der Waals surface area contributed by atoms with Gasteiger partial charge in [0.1, 0.15) is 5.82 Å². The van der Waals surface area contributed by atoms with E-state index in [4.69, 9.17) is 0 Å². The van der Waals surface area contributed by atoms with Gasteiger partial charge in [0, 0.05) is 6.42 Å². The van der Waals surface area contributed by atoms with E-state index in [0.717, 1.165) is 30.4 Å². The Labute approximate surface area is 88.6 Å². The Kier molecular flexibility index (Phi) is 2.95. The summed E-state index contributed by atoms with van der Waals surface area (Å²) in [7, 11) is 0. The first-order chi connectivity index (χ1) is 7.25. The lowest BCUT2D eigenvalue weighted by atomic mass is 10.0. The Morgan fingerprint density at radius 1 is 1.00 bits per heavy atom. The van der Waals surface area contributed by atoms with Crippen molar-refractivity contribution in [3.8, 4) is 0 Å². The molecule has 1 aliphatic rings. The van der Waals surface area contributed by atoms with Crippen molar-refractivity contribution in [3.63, 3.8) is 0 Å². The predicted molar refractivity (Wildman–Crippen MR) is 57.9 cm³/mol. The van der Waals surface area contributed by atoms with Crippen molar-refractivity contribution in [2.45, 2.75) is 25.7 Å². The molecule has 2 rings (SSSR count). The highest BCUT2D eigenvalue weighted by Crippen LogP contribution is 2.24. The maximum absolute atomic E-state index is 12.7. The number of rotatable bonds is 1. The SMILES string of the molecule is O=C1C=C(c2ccc(F)cc2)CCCC1. The topological polar surface area (TPSA) is 17.1 Å². The molecule has 1 nitrogen and oxygen atoms in total. The van der Waals surface area contributed by atoms with Crippen LogP contribution in [-0.4, -0.2) is 5.78 Å². The first-order valence-electron chi connectivity index (χ1n) is 5.25. The van der Waals surface area contributed by atoms with Gasteiger partial charge in [-0.2, -0.15) is 0 Å². The molecule has 15 heavy (non-hydrogen) atoms. The van der Waals surface area contributed by atoms with E-state index in [0.29, 0.717) is 6.42 Å². The lowest BCUT2D eigenvalue weighted by Gasteiger charge is -2.04. The van der Waals surface area contributed by atoms with Crippen LogP contribution >= 0.6 is 0 Å². The van der Waals surface area contributed by atoms with Crippen LogP contribution in [0.5, 0.6) is 0 Å². The second kappa shape index (κ2) is 4.39. The van der Waals surface area contributed by atoms with Gasteiger partial charge in [0.2, 0.25) is 0 Å². The average molecular weight is 204 g/mol. The largest absolute Gasteiger partial charge is 0.295 e. The number of allylic oxidation sites excluding steroid dienone is 2. The van der Waals surface area contributed by atoms with Gasteiger partial charge in [-0.3, -0.25) is 4.79 Å². The molecular formula is C13H13FO. The first kappa shape index (κ1) is 10.1. The molecule has 0 aliphatic heterocycles. The Morgan fingerprint density at radius 3 is 2.40 bits per heavy atom. The second-order valence-electron chi connectivity index (χ2n) is 3.85. The summed E-state index contributed by atoms with van der Waals surface area (Å²) < 4.78 is 12.7. The first-order valence-corrected chi connectivity index (χ1v) is 5.25. The van der Waals surface area contributed by atoms with Gasteiger partial charge in [0.25, 0.3) is 0 Å². The molecule has 0 unspecified atom stereocenters. The number of carbonyl (C=O) groups excluding carboxylic acids is 1. The maximum atomic E-state index is 12.7. The van der Waals surface area contributed by atoms with E-state index >= 15 is 0 Å². The monoisotopic (exact) mass is 204 g/mol. The lowest BCUT2D eigenvalue weighted by Crippen LogP contribution is -1.90. The zero-order valence-electron chi connectivity index (χ0n) is 8.50. The van der Waals surface area contributed by atoms with Crippen molar-refractivity contribution < 1.29 is 9.18 Å². The van der Waals surface area contributed by atoms with Gasteiger partial charge in [0.15, 0.2) is 5.78 Å². The van der Waals surface area contributed by atoms with E-state index in [2.05, 4.69) is 0 Å². The Morgan fingerprint density at radius 2 is 1.67 bits per heavy atom. The van der Waals surface area contributed by atoms with Gasteiger partial charge >= 0.3 is 0 Å². The summed E-state index contributed by atoms with van der Waals surface area (Å²) in [5.74, 6) is -0.0499. The third-order valence-corrected chi connectivity index (χ3v) is 2.67. The average Bonchev–Trinajstić information content (AvgIpc) is 2.44. The van der Waals surface area contributed by atoms with Crippen molar-refractivity contribution in [2.24, 2.45) is 0 Å². The quantitative estimate of drug-likeness (QED) is 0.685. The molecule has 0 radical (unpaired) electrons. The van der Waals surface area contributed by atoms with Crippen molar-refractivity contribution in [3.05, 3.63) is 41.7 Å². The van der Waals surface area contributed by atoms with Crippen LogP contribution in [0.1, 0.15) is 31.2 Å². The molecule has 0 amide bonds. The van der Waals surface area contributed by atoms with Crippen molar-refractivity contribution in [1.82, 2.24) is 0 Å². The molecule has 0 saturated heterocycles. The highest BCUT2D eigenvalue weighted by atomic mass is 19.1. The number of ketones is 1. The van der Waals surface area contributed by atoms with Gasteiger partial charge in [-0.15, -0.1) is 0 Å². The third kappa shape index (κ3) is 2.52. The van der Waals surface area contributed by atoms with Gasteiger partial charge in [-0.25, -0.2) is 4.39 Å². The number of benzene rings is 1. The van der Waals surface area contributed by atoms with Crippen LogP contribution in [0.15, 0.2) is 30.3 Å². The Hall–Kier alpha value is -1.44. The summed E-state index contributed by atoms with van der Waals surface area (Å²) in [6.45, 7) is 0. The van der Waals surface area contributed by atoms with Crippen LogP contribution in [0.3, 0.4) is 0 Å². The smallest absolute Gasteiger partial charge is 0.155 e. The fourth-order valence-corrected chi connectivity index (χ4v) is 1.84. The van der Waals surface area contributed by atoms with E-state index < -0.39 is 0 Å². The van der Waals surface area contributed by atoms with E-state index in [9.17, 15) is 9.18 Å². The standard InChI is InChI=1S/C13H13FO/c14-12-7-5-10(6-8-12)11-3-1-2-4-13(15)9-11/h5-9H,1-4H2. The molecule has 1 aromatic carbocycles. The number of hydrogen-bond donors (Lipinski definition) is 0. The maximum Gasteiger partial charge on any atom is 0.155 e. The van der Waals surface area contributed by atoms with Gasteiger partial charge < -0.3 is 0 Å². The summed E-state index contributed by atoms with van der Waals surface area (Å²) in [5, 5.41) is 0. The van der Waals surface area contributed by atoms with Crippen LogP contribution in [0.25, 0.3) is 5.57 Å². The van der Waals surface area contributed by atoms with E-state index in [-0.39, 0.29) is 11.6 Å². The van der Waals surface area contributed by atoms with Gasteiger partial charge in [-0.1, -0.05) is 12.1 Å². The normalized spacial score (nSPS) is 17.1. The number of halogens is 1. The molecular weight excluding hydrogens is 191 g/mol. The molecule has 2 heteroatoms. The number of hydrogen-bond acceptors (Lipinski definition) is 1. The minimum absolute atomic E-state index is 0.187. The molecule has 0 bridgehead atoms. The summed E-state index contributed by atoms with van der Waals surface area (Å²) in [5.41, 5.74) is 2.00. The second-order valence-corrected chi connectivity index (χ2v) is 3.85. The summed E-state index contributed by atoms with van der Waals surface area (Å²) >= 11 is 0. The van der Waals surface area contributed by atoms with Crippen molar-refractivity contribution >= 4 is 11.4 Å². The van der Waals surface area contributed by atoms with Gasteiger partial charge in [-0.05, 0) is 48.6 Å². The fourth-order valence-electron chi connectivity index (χ4n) is 1.84. The summed E-state index contributed by atoms with van der Waals surface area (Å²) in [6, 6.07) is 6.34. The van der Waals surface area contributed by atoms with E-state index in [1.165, 1.54) is 12.1 Å². The third-order valence-electron chi connectivity index (χ3n) is 2.67. The van der Waals surface area contributed by atoms with Crippen LogP contribution in [-0.2, 0) is 4.79 Å². The molecule has 78 valence electrons. The Bertz CT molecular complexity index is 390. The van der Waals surface area contributed by atoms with Crippen LogP contribution in [0.4, 0.5) is 4.39 Å².